The maximum absolute atomic E-state index is 5.62. The first-order chi connectivity index (χ1) is 15.3. The molecule has 4 rings (SSSR count). The van der Waals surface area contributed by atoms with Gasteiger partial charge in [-0.1, -0.05) is 24.3 Å². The second kappa shape index (κ2) is 13.0. The maximum atomic E-state index is 5.62. The van der Waals surface area contributed by atoms with E-state index in [1.807, 2.05) is 41.7 Å². The zero-order valence-electron chi connectivity index (χ0n) is 18.5. The van der Waals surface area contributed by atoms with Crippen LogP contribution in [0.1, 0.15) is 30.3 Å². The smallest absolute Gasteiger partial charge is 0.226 e. The van der Waals surface area contributed by atoms with Crippen LogP contribution in [0.25, 0.3) is 11.5 Å². The number of benzene rings is 1. The lowest BCUT2D eigenvalue weighted by molar-refractivity contribution is 0.179. The van der Waals surface area contributed by atoms with E-state index in [0.717, 1.165) is 36.9 Å². The molecule has 8 heteroatoms. The van der Waals surface area contributed by atoms with E-state index >= 15 is 0 Å². The molecule has 1 aliphatic rings. The Balaban J connectivity index is 0.00000289. The van der Waals surface area contributed by atoms with E-state index in [9.17, 15) is 0 Å². The maximum Gasteiger partial charge on any atom is 0.226 e. The number of nitrogens with zero attached hydrogens (tertiary/aromatic N) is 3. The Hall–Kier alpha value is -1.91. The lowest BCUT2D eigenvalue weighted by Crippen LogP contribution is -2.42. The third kappa shape index (κ3) is 7.31. The number of hydrogen-bond acceptors (Lipinski definition) is 5. The van der Waals surface area contributed by atoms with E-state index in [0.29, 0.717) is 18.4 Å². The van der Waals surface area contributed by atoms with Crippen molar-refractivity contribution in [3.05, 3.63) is 64.7 Å². The number of halogens is 1. The standard InChI is InChI=1S/C24H31N5OS.HI/c1-2-25-24(27-16-21-18-30-23(28-21)20-7-4-3-5-8-20)26-15-19-10-12-29(13-11-19)17-22-9-6-14-31-22;/h3-9,14,18-19H,2,10-13,15-17H2,1H3,(H2,25,26,27);1H. The van der Waals surface area contributed by atoms with Crippen LogP contribution in [0, 0.1) is 5.92 Å². The van der Waals surface area contributed by atoms with Gasteiger partial charge in [-0.15, -0.1) is 35.3 Å². The van der Waals surface area contributed by atoms with Gasteiger partial charge in [-0.2, -0.15) is 0 Å². The summed E-state index contributed by atoms with van der Waals surface area (Å²) < 4.78 is 5.62. The molecule has 0 saturated carbocycles. The fourth-order valence-electron chi connectivity index (χ4n) is 3.81. The lowest BCUT2D eigenvalue weighted by Gasteiger charge is -2.32. The van der Waals surface area contributed by atoms with Crippen molar-refractivity contribution in [2.24, 2.45) is 10.9 Å². The number of aliphatic imine (C=N–C) groups is 1. The highest BCUT2D eigenvalue weighted by Gasteiger charge is 2.19. The number of nitrogens with one attached hydrogen (secondary N) is 2. The summed E-state index contributed by atoms with van der Waals surface area (Å²) in [5.74, 6) is 2.16. The normalized spacial score (nSPS) is 15.3. The third-order valence-corrected chi connectivity index (χ3v) is 6.40. The molecule has 3 aromatic rings. The summed E-state index contributed by atoms with van der Waals surface area (Å²) in [6, 6.07) is 14.3. The van der Waals surface area contributed by atoms with Crippen molar-refractivity contribution in [2.75, 3.05) is 26.2 Å². The molecule has 0 spiro atoms. The van der Waals surface area contributed by atoms with Crippen LogP contribution in [0.15, 0.2) is 63.5 Å². The average molecular weight is 566 g/mol. The quantitative estimate of drug-likeness (QED) is 0.229. The zero-order chi connectivity index (χ0) is 21.3. The predicted octanol–water partition coefficient (Wildman–Crippen LogP) is 4.99. The van der Waals surface area contributed by atoms with Crippen LogP contribution in [0.5, 0.6) is 0 Å². The van der Waals surface area contributed by atoms with Gasteiger partial charge in [0.25, 0.3) is 0 Å². The number of oxazole rings is 1. The lowest BCUT2D eigenvalue weighted by atomic mass is 9.97. The molecule has 0 unspecified atom stereocenters. The van der Waals surface area contributed by atoms with Crippen LogP contribution in [0.3, 0.4) is 0 Å². The monoisotopic (exact) mass is 565 g/mol. The largest absolute Gasteiger partial charge is 0.444 e. The Morgan fingerprint density at radius 3 is 2.69 bits per heavy atom. The van der Waals surface area contributed by atoms with Gasteiger partial charge in [-0.25, -0.2) is 9.98 Å². The van der Waals surface area contributed by atoms with Gasteiger partial charge < -0.3 is 15.1 Å². The molecule has 3 heterocycles. The topological polar surface area (TPSA) is 65.7 Å². The number of rotatable bonds is 8. The highest BCUT2D eigenvalue weighted by molar-refractivity contribution is 14.0. The van der Waals surface area contributed by atoms with Gasteiger partial charge in [-0.05, 0) is 62.4 Å². The average Bonchev–Trinajstić information content (AvgIpc) is 3.50. The molecule has 6 nitrogen and oxygen atoms in total. The van der Waals surface area contributed by atoms with Crippen molar-refractivity contribution in [1.82, 2.24) is 20.5 Å². The fourth-order valence-corrected chi connectivity index (χ4v) is 4.55. The zero-order valence-corrected chi connectivity index (χ0v) is 21.6. The van der Waals surface area contributed by atoms with E-state index in [4.69, 9.17) is 9.41 Å². The van der Waals surface area contributed by atoms with Gasteiger partial charge in [-0.3, -0.25) is 4.90 Å². The minimum Gasteiger partial charge on any atom is -0.444 e. The van der Waals surface area contributed by atoms with Crippen molar-refractivity contribution >= 4 is 41.3 Å². The van der Waals surface area contributed by atoms with E-state index in [-0.39, 0.29) is 24.0 Å². The SMILES string of the molecule is CCNC(=NCc1coc(-c2ccccc2)n1)NCC1CCN(Cc2cccs2)CC1.I. The molecule has 0 aliphatic carbocycles. The molecular formula is C24H32IN5OS. The second-order valence-electron chi connectivity index (χ2n) is 7.88. The molecule has 0 atom stereocenters. The number of likely N-dealkylation sites (tertiary alicyclic amines) is 1. The first-order valence-corrected chi connectivity index (χ1v) is 11.9. The molecule has 2 aromatic heterocycles. The highest BCUT2D eigenvalue weighted by atomic mass is 127. The third-order valence-electron chi connectivity index (χ3n) is 5.54. The van der Waals surface area contributed by atoms with E-state index in [1.165, 1.54) is 30.8 Å². The molecule has 1 saturated heterocycles. The summed E-state index contributed by atoms with van der Waals surface area (Å²) >= 11 is 1.85. The van der Waals surface area contributed by atoms with Crippen LogP contribution >= 0.6 is 35.3 Å². The van der Waals surface area contributed by atoms with Gasteiger partial charge in [0.05, 0.1) is 6.54 Å². The van der Waals surface area contributed by atoms with E-state index in [1.54, 1.807) is 6.26 Å². The van der Waals surface area contributed by atoms with Crippen molar-refractivity contribution in [3.63, 3.8) is 0 Å². The molecule has 0 amide bonds. The van der Waals surface area contributed by atoms with E-state index < -0.39 is 0 Å². The summed E-state index contributed by atoms with van der Waals surface area (Å²) in [5, 5.41) is 9.03. The van der Waals surface area contributed by atoms with Crippen LogP contribution in [0.2, 0.25) is 0 Å². The predicted molar refractivity (Wildman–Crippen MR) is 142 cm³/mol. The molecule has 32 heavy (non-hydrogen) atoms. The molecule has 172 valence electrons. The Morgan fingerprint density at radius 2 is 1.97 bits per heavy atom. The van der Waals surface area contributed by atoms with Crippen molar-refractivity contribution in [2.45, 2.75) is 32.9 Å². The minimum atomic E-state index is 0. The summed E-state index contributed by atoms with van der Waals surface area (Å²) in [7, 11) is 0. The first kappa shape index (κ1) is 24.7. The minimum absolute atomic E-state index is 0. The molecule has 0 bridgehead atoms. The van der Waals surface area contributed by atoms with Crippen LogP contribution in [-0.4, -0.2) is 42.0 Å². The van der Waals surface area contributed by atoms with Gasteiger partial charge in [0.15, 0.2) is 5.96 Å². The van der Waals surface area contributed by atoms with Crippen LogP contribution in [0.4, 0.5) is 0 Å². The number of aromatic nitrogens is 1. The summed E-state index contributed by atoms with van der Waals surface area (Å²) in [5.41, 5.74) is 1.81. The summed E-state index contributed by atoms with van der Waals surface area (Å²) in [4.78, 5) is 13.3. The molecule has 1 aromatic carbocycles. The Kier molecular flexibility index (Phi) is 10.0. The molecule has 1 fully saturated rings. The Labute approximate surface area is 211 Å². The van der Waals surface area contributed by atoms with Gasteiger partial charge in [0.1, 0.15) is 12.0 Å². The van der Waals surface area contributed by atoms with Gasteiger partial charge >= 0.3 is 0 Å². The fraction of sp³-hybridized carbons (Fsp3) is 0.417. The Morgan fingerprint density at radius 1 is 1.16 bits per heavy atom. The number of piperidine rings is 1. The number of hydrogen-bond donors (Lipinski definition) is 2. The van der Waals surface area contributed by atoms with Crippen LogP contribution < -0.4 is 10.6 Å². The molecule has 1 aliphatic heterocycles. The molecule has 2 N–H and O–H groups in total. The number of thiophene rings is 1. The molecular weight excluding hydrogens is 533 g/mol. The van der Waals surface area contributed by atoms with Crippen molar-refractivity contribution in [1.29, 1.82) is 0 Å². The highest BCUT2D eigenvalue weighted by Crippen LogP contribution is 2.20. The van der Waals surface area contributed by atoms with E-state index in [2.05, 4.69) is 45.0 Å². The summed E-state index contributed by atoms with van der Waals surface area (Å²) in [6.07, 6.45) is 4.14. The molecule has 0 radical (unpaired) electrons. The Bertz CT molecular complexity index is 936. The summed E-state index contributed by atoms with van der Waals surface area (Å²) in [6.45, 7) is 7.78. The van der Waals surface area contributed by atoms with Gasteiger partial charge in [0, 0.05) is 30.1 Å². The first-order valence-electron chi connectivity index (χ1n) is 11.1. The second-order valence-corrected chi connectivity index (χ2v) is 8.92. The van der Waals surface area contributed by atoms with Gasteiger partial charge in [0.2, 0.25) is 5.89 Å². The number of guanidine groups is 1. The van der Waals surface area contributed by atoms with Crippen molar-refractivity contribution in [3.8, 4) is 11.5 Å². The van der Waals surface area contributed by atoms with Crippen LogP contribution in [-0.2, 0) is 13.1 Å². The van der Waals surface area contributed by atoms with Crippen molar-refractivity contribution < 1.29 is 4.42 Å².